The molecule has 0 aliphatic rings. The topological polar surface area (TPSA) is 80.9 Å². The Kier molecular flexibility index (Phi) is 4.42. The molecule has 3 aromatic rings. The summed E-state index contributed by atoms with van der Waals surface area (Å²) in [7, 11) is 0. The number of carbonyl (C=O) groups excluding carboxylic acids is 1. The van der Waals surface area contributed by atoms with Gasteiger partial charge in [0.25, 0.3) is 0 Å². The van der Waals surface area contributed by atoms with Gasteiger partial charge in [0.05, 0.1) is 5.56 Å². The molecule has 1 N–H and O–H groups in total. The van der Waals surface area contributed by atoms with Gasteiger partial charge in [0.1, 0.15) is 0 Å². The van der Waals surface area contributed by atoms with Crippen LogP contribution in [0.4, 0.5) is 5.69 Å². The van der Waals surface area contributed by atoms with Crippen molar-refractivity contribution in [3.8, 4) is 11.5 Å². The molecular weight excluding hydrogens is 292 g/mol. The molecular formula is C17H16N4O2. The van der Waals surface area contributed by atoms with E-state index in [9.17, 15) is 4.79 Å². The summed E-state index contributed by atoms with van der Waals surface area (Å²) >= 11 is 0. The fourth-order valence-electron chi connectivity index (χ4n) is 2.04. The SMILES string of the molecule is Cc1ccc(NC(=O)CCc2nnc(-c3cccnc3)o2)cc1. The maximum atomic E-state index is 11.9. The van der Waals surface area contributed by atoms with Gasteiger partial charge in [0.2, 0.25) is 17.7 Å². The molecule has 0 unspecified atom stereocenters. The Morgan fingerprint density at radius 1 is 1.17 bits per heavy atom. The van der Waals surface area contributed by atoms with Crippen LogP contribution in [-0.2, 0) is 11.2 Å². The Morgan fingerprint density at radius 3 is 2.74 bits per heavy atom. The Bertz CT molecular complexity index is 782. The summed E-state index contributed by atoms with van der Waals surface area (Å²) in [5.74, 6) is 0.755. The van der Waals surface area contributed by atoms with Crippen LogP contribution >= 0.6 is 0 Å². The number of nitrogens with zero attached hydrogens (tertiary/aromatic N) is 3. The van der Waals surface area contributed by atoms with E-state index in [2.05, 4.69) is 20.5 Å². The number of anilines is 1. The lowest BCUT2D eigenvalue weighted by atomic mass is 10.2. The third-order valence-electron chi connectivity index (χ3n) is 3.28. The highest BCUT2D eigenvalue weighted by molar-refractivity contribution is 5.90. The van der Waals surface area contributed by atoms with Crippen LogP contribution < -0.4 is 5.32 Å². The number of hydrogen-bond donors (Lipinski definition) is 1. The Balaban J connectivity index is 1.55. The highest BCUT2D eigenvalue weighted by atomic mass is 16.4. The zero-order chi connectivity index (χ0) is 16.1. The minimum atomic E-state index is -0.0880. The number of hydrogen-bond acceptors (Lipinski definition) is 5. The fourth-order valence-corrected chi connectivity index (χ4v) is 2.04. The monoisotopic (exact) mass is 308 g/mol. The molecule has 1 aromatic carbocycles. The fraction of sp³-hybridized carbons (Fsp3) is 0.176. The summed E-state index contributed by atoms with van der Waals surface area (Å²) in [4.78, 5) is 15.9. The Hall–Kier alpha value is -3.02. The van der Waals surface area contributed by atoms with Crippen molar-refractivity contribution in [1.29, 1.82) is 0 Å². The molecule has 2 aromatic heterocycles. The molecule has 1 amide bonds. The summed E-state index contributed by atoms with van der Waals surface area (Å²) in [6.07, 6.45) is 4.01. The normalized spacial score (nSPS) is 10.5. The third-order valence-corrected chi connectivity index (χ3v) is 3.28. The van der Waals surface area contributed by atoms with Gasteiger partial charge in [0, 0.05) is 30.9 Å². The van der Waals surface area contributed by atoms with E-state index in [1.165, 1.54) is 0 Å². The molecule has 3 rings (SSSR count). The van der Waals surface area contributed by atoms with E-state index in [1.54, 1.807) is 18.5 Å². The van der Waals surface area contributed by atoms with Crippen molar-refractivity contribution < 1.29 is 9.21 Å². The second kappa shape index (κ2) is 6.83. The molecule has 116 valence electrons. The number of pyridine rings is 1. The van der Waals surface area contributed by atoms with E-state index in [-0.39, 0.29) is 12.3 Å². The average molecular weight is 308 g/mol. The van der Waals surface area contributed by atoms with Crippen LogP contribution in [0.1, 0.15) is 17.9 Å². The van der Waals surface area contributed by atoms with Gasteiger partial charge in [-0.3, -0.25) is 9.78 Å². The van der Waals surface area contributed by atoms with Crippen LogP contribution in [0.25, 0.3) is 11.5 Å². The van der Waals surface area contributed by atoms with Crippen LogP contribution in [0, 0.1) is 6.92 Å². The van der Waals surface area contributed by atoms with Crippen molar-refractivity contribution in [3.63, 3.8) is 0 Å². The summed E-state index contributed by atoms with van der Waals surface area (Å²) in [6, 6.07) is 11.3. The van der Waals surface area contributed by atoms with Gasteiger partial charge in [-0.1, -0.05) is 17.7 Å². The van der Waals surface area contributed by atoms with Crippen LogP contribution in [0.3, 0.4) is 0 Å². The number of benzene rings is 1. The van der Waals surface area contributed by atoms with Crippen LogP contribution in [-0.4, -0.2) is 21.1 Å². The number of aryl methyl sites for hydroxylation is 2. The third kappa shape index (κ3) is 4.00. The molecule has 0 aliphatic heterocycles. The second-order valence-corrected chi connectivity index (χ2v) is 5.16. The van der Waals surface area contributed by atoms with Gasteiger partial charge in [-0.05, 0) is 31.2 Å². The van der Waals surface area contributed by atoms with Crippen LogP contribution in [0.5, 0.6) is 0 Å². The maximum absolute atomic E-state index is 11.9. The highest BCUT2D eigenvalue weighted by Crippen LogP contribution is 2.16. The van der Waals surface area contributed by atoms with E-state index >= 15 is 0 Å². The summed E-state index contributed by atoms with van der Waals surface area (Å²) in [5.41, 5.74) is 2.69. The van der Waals surface area contributed by atoms with Gasteiger partial charge >= 0.3 is 0 Å². The first-order valence-electron chi connectivity index (χ1n) is 7.30. The lowest BCUT2D eigenvalue weighted by Gasteiger charge is -2.04. The standard InChI is InChI=1S/C17H16N4O2/c1-12-4-6-14(7-5-12)19-15(22)8-9-16-20-21-17(23-16)13-3-2-10-18-11-13/h2-7,10-11H,8-9H2,1H3,(H,19,22). The predicted molar refractivity (Wildman–Crippen MR) is 85.7 cm³/mol. The summed E-state index contributed by atoms with van der Waals surface area (Å²) < 4.78 is 5.54. The first-order chi connectivity index (χ1) is 11.2. The molecule has 2 heterocycles. The molecule has 6 heteroatoms. The van der Waals surface area contributed by atoms with E-state index in [4.69, 9.17) is 4.42 Å². The zero-order valence-corrected chi connectivity index (χ0v) is 12.7. The lowest BCUT2D eigenvalue weighted by Crippen LogP contribution is -2.12. The van der Waals surface area contributed by atoms with Gasteiger partial charge in [-0.25, -0.2) is 0 Å². The first kappa shape index (κ1) is 14.9. The Labute approximate surface area is 133 Å². The first-order valence-corrected chi connectivity index (χ1v) is 7.30. The van der Waals surface area contributed by atoms with Crippen LogP contribution in [0.15, 0.2) is 53.2 Å². The van der Waals surface area contributed by atoms with Gasteiger partial charge < -0.3 is 9.73 Å². The van der Waals surface area contributed by atoms with Crippen molar-refractivity contribution in [2.45, 2.75) is 19.8 Å². The lowest BCUT2D eigenvalue weighted by molar-refractivity contribution is -0.116. The molecule has 0 fully saturated rings. The number of nitrogens with one attached hydrogen (secondary N) is 1. The van der Waals surface area contributed by atoms with Gasteiger partial charge in [-0.2, -0.15) is 0 Å². The summed E-state index contributed by atoms with van der Waals surface area (Å²) in [5, 5.41) is 10.8. The number of amides is 1. The van der Waals surface area contributed by atoms with Crippen molar-refractivity contribution >= 4 is 11.6 Å². The minimum Gasteiger partial charge on any atom is -0.421 e. The van der Waals surface area contributed by atoms with E-state index in [1.807, 2.05) is 37.3 Å². The molecule has 0 saturated carbocycles. The molecule has 6 nitrogen and oxygen atoms in total. The Morgan fingerprint density at radius 2 is 2.00 bits per heavy atom. The van der Waals surface area contributed by atoms with E-state index < -0.39 is 0 Å². The van der Waals surface area contributed by atoms with E-state index in [0.717, 1.165) is 16.8 Å². The van der Waals surface area contributed by atoms with Crippen molar-refractivity contribution in [3.05, 3.63) is 60.2 Å². The number of carbonyl (C=O) groups is 1. The molecule has 23 heavy (non-hydrogen) atoms. The molecule has 0 saturated heterocycles. The van der Waals surface area contributed by atoms with Crippen molar-refractivity contribution in [2.75, 3.05) is 5.32 Å². The van der Waals surface area contributed by atoms with Gasteiger partial charge in [-0.15, -0.1) is 10.2 Å². The van der Waals surface area contributed by atoms with Crippen LogP contribution in [0.2, 0.25) is 0 Å². The number of rotatable bonds is 5. The van der Waals surface area contributed by atoms with Gasteiger partial charge in [0.15, 0.2) is 0 Å². The van der Waals surface area contributed by atoms with Crippen molar-refractivity contribution in [1.82, 2.24) is 15.2 Å². The molecule has 0 radical (unpaired) electrons. The number of aromatic nitrogens is 3. The average Bonchev–Trinajstić information content (AvgIpc) is 3.05. The second-order valence-electron chi connectivity index (χ2n) is 5.16. The zero-order valence-electron chi connectivity index (χ0n) is 12.7. The predicted octanol–water partition coefficient (Wildman–Crippen LogP) is 3.01. The maximum Gasteiger partial charge on any atom is 0.249 e. The highest BCUT2D eigenvalue weighted by Gasteiger charge is 2.10. The largest absolute Gasteiger partial charge is 0.421 e. The quantitative estimate of drug-likeness (QED) is 0.783. The molecule has 0 spiro atoms. The summed E-state index contributed by atoms with van der Waals surface area (Å²) in [6.45, 7) is 2.00. The van der Waals surface area contributed by atoms with E-state index in [0.29, 0.717) is 18.2 Å². The molecule has 0 atom stereocenters. The smallest absolute Gasteiger partial charge is 0.249 e. The molecule has 0 bridgehead atoms. The van der Waals surface area contributed by atoms with Crippen molar-refractivity contribution in [2.24, 2.45) is 0 Å². The minimum absolute atomic E-state index is 0.0880. The molecule has 0 aliphatic carbocycles.